The molecule has 0 radical (unpaired) electrons. The van der Waals surface area contributed by atoms with Crippen LogP contribution in [0.25, 0.3) is 0 Å². The van der Waals surface area contributed by atoms with Crippen LogP contribution >= 0.6 is 0 Å². The first kappa shape index (κ1) is 10.4. The highest BCUT2D eigenvalue weighted by atomic mass is 16.6. The molecule has 0 bridgehead atoms. The number of hydrogen-bond acceptors (Lipinski definition) is 4. The number of ether oxygens (including phenoxy) is 1. The number of hydrogen-bond donors (Lipinski definition) is 2. The molecule has 2 N–H and O–H groups in total. The highest BCUT2D eigenvalue weighted by Crippen LogP contribution is 2.25. The third kappa shape index (κ3) is 2.01. The van der Waals surface area contributed by atoms with Crippen LogP contribution in [0.3, 0.4) is 0 Å². The van der Waals surface area contributed by atoms with Crippen LogP contribution in [0.4, 0.5) is 4.79 Å². The minimum Gasteiger partial charge on any atom is -0.443 e. The van der Waals surface area contributed by atoms with Crippen molar-refractivity contribution >= 4 is 6.09 Å². The number of carbonyl (C=O) groups excluding carboxylic acids is 1. The van der Waals surface area contributed by atoms with Gasteiger partial charge in [-0.1, -0.05) is 0 Å². The van der Waals surface area contributed by atoms with Gasteiger partial charge in [0.15, 0.2) is 0 Å². The van der Waals surface area contributed by atoms with Crippen LogP contribution in [-0.2, 0) is 4.74 Å². The Balaban J connectivity index is 1.51. The Morgan fingerprint density at radius 3 is 3.12 bits per heavy atom. The molecule has 3 heterocycles. The molecule has 0 saturated carbocycles. The second-order valence-corrected chi connectivity index (χ2v) is 5.09. The molecule has 0 aromatic heterocycles. The van der Waals surface area contributed by atoms with Gasteiger partial charge in [0.1, 0.15) is 6.10 Å². The number of nitrogens with one attached hydrogen (secondary N) is 2. The Kier molecular flexibility index (Phi) is 2.73. The number of fused-ring (bicyclic) bond motifs is 1. The SMILES string of the molecule is O=C1NCC(CN2C[C@@H]3CCCN[C@@H]3C2)O1. The quantitative estimate of drug-likeness (QED) is 0.682. The summed E-state index contributed by atoms with van der Waals surface area (Å²) in [5.41, 5.74) is 0. The van der Waals surface area contributed by atoms with E-state index >= 15 is 0 Å². The zero-order valence-corrected chi connectivity index (χ0v) is 9.45. The lowest BCUT2D eigenvalue weighted by atomic mass is 9.94. The van der Waals surface area contributed by atoms with Gasteiger partial charge in [-0.15, -0.1) is 0 Å². The van der Waals surface area contributed by atoms with E-state index in [0.717, 1.165) is 32.1 Å². The average Bonchev–Trinajstić information content (AvgIpc) is 2.84. The fourth-order valence-electron chi connectivity index (χ4n) is 3.11. The molecule has 0 spiro atoms. The average molecular weight is 225 g/mol. The van der Waals surface area contributed by atoms with Crippen LogP contribution in [0, 0.1) is 5.92 Å². The zero-order chi connectivity index (χ0) is 11.0. The zero-order valence-electron chi connectivity index (χ0n) is 9.45. The third-order valence-corrected chi connectivity index (χ3v) is 3.88. The van der Waals surface area contributed by atoms with E-state index in [-0.39, 0.29) is 12.2 Å². The Labute approximate surface area is 95.5 Å². The van der Waals surface area contributed by atoms with Crippen molar-refractivity contribution < 1.29 is 9.53 Å². The first-order valence-electron chi connectivity index (χ1n) is 6.21. The summed E-state index contributed by atoms with van der Waals surface area (Å²) in [7, 11) is 0. The maximum atomic E-state index is 10.9. The summed E-state index contributed by atoms with van der Waals surface area (Å²) >= 11 is 0. The van der Waals surface area contributed by atoms with Gasteiger partial charge in [0.25, 0.3) is 0 Å². The van der Waals surface area contributed by atoms with Crippen LogP contribution in [-0.4, -0.2) is 55.9 Å². The normalized spacial score (nSPS) is 39.2. The Hall–Kier alpha value is -0.810. The van der Waals surface area contributed by atoms with Crippen molar-refractivity contribution in [1.29, 1.82) is 0 Å². The molecule has 3 aliphatic rings. The standard InChI is InChI=1S/C11H19N3O2/c15-11-13-4-9(16-11)6-14-5-8-2-1-3-12-10(8)7-14/h8-10,12H,1-7H2,(H,13,15)/t8-,9?,10+/m0/s1. The van der Waals surface area contributed by atoms with Crippen molar-refractivity contribution in [2.45, 2.75) is 25.0 Å². The van der Waals surface area contributed by atoms with Crippen molar-refractivity contribution in [2.75, 3.05) is 32.7 Å². The molecule has 0 aromatic rings. The van der Waals surface area contributed by atoms with Crippen molar-refractivity contribution in [3.05, 3.63) is 0 Å². The summed E-state index contributed by atoms with van der Waals surface area (Å²) < 4.78 is 5.16. The molecule has 5 nitrogen and oxygen atoms in total. The minimum atomic E-state index is -0.264. The van der Waals surface area contributed by atoms with Crippen LogP contribution in [0.2, 0.25) is 0 Å². The van der Waals surface area contributed by atoms with Gasteiger partial charge in [0.05, 0.1) is 6.54 Å². The van der Waals surface area contributed by atoms with Crippen molar-refractivity contribution in [3.63, 3.8) is 0 Å². The molecule has 1 amide bonds. The molecule has 3 atom stereocenters. The Morgan fingerprint density at radius 2 is 2.38 bits per heavy atom. The van der Waals surface area contributed by atoms with Crippen LogP contribution in [0.5, 0.6) is 0 Å². The van der Waals surface area contributed by atoms with Gasteiger partial charge < -0.3 is 15.4 Å². The molecule has 3 fully saturated rings. The number of likely N-dealkylation sites (tertiary alicyclic amines) is 1. The number of nitrogens with zero attached hydrogens (tertiary/aromatic N) is 1. The molecule has 1 unspecified atom stereocenters. The molecule has 5 heteroatoms. The number of piperidine rings is 1. The molecule has 3 rings (SSSR count). The molecule has 0 aromatic carbocycles. The number of cyclic esters (lactones) is 1. The Morgan fingerprint density at radius 1 is 1.44 bits per heavy atom. The fourth-order valence-corrected chi connectivity index (χ4v) is 3.11. The number of alkyl carbamates (subject to hydrolysis) is 1. The van der Waals surface area contributed by atoms with Crippen LogP contribution in [0.1, 0.15) is 12.8 Å². The predicted octanol–water partition coefficient (Wildman–Crippen LogP) is -0.221. The van der Waals surface area contributed by atoms with Gasteiger partial charge in [-0.3, -0.25) is 4.90 Å². The second-order valence-electron chi connectivity index (χ2n) is 5.09. The molecule has 16 heavy (non-hydrogen) atoms. The van der Waals surface area contributed by atoms with E-state index < -0.39 is 0 Å². The first-order valence-corrected chi connectivity index (χ1v) is 6.21. The summed E-state index contributed by atoms with van der Waals surface area (Å²) in [6.07, 6.45) is 2.43. The van der Waals surface area contributed by atoms with E-state index in [1.54, 1.807) is 0 Å². The van der Waals surface area contributed by atoms with Crippen LogP contribution in [0.15, 0.2) is 0 Å². The molecule has 0 aliphatic carbocycles. The summed E-state index contributed by atoms with van der Waals surface area (Å²) in [6, 6.07) is 0.666. The Bertz CT molecular complexity index is 270. The summed E-state index contributed by atoms with van der Waals surface area (Å²) in [5, 5.41) is 6.28. The van der Waals surface area contributed by atoms with Gasteiger partial charge in [0.2, 0.25) is 0 Å². The smallest absolute Gasteiger partial charge is 0.407 e. The number of rotatable bonds is 2. The van der Waals surface area contributed by atoms with Crippen molar-refractivity contribution in [2.24, 2.45) is 5.92 Å². The molecule has 3 aliphatic heterocycles. The lowest BCUT2D eigenvalue weighted by molar-refractivity contribution is 0.115. The minimum absolute atomic E-state index is 0.0488. The summed E-state index contributed by atoms with van der Waals surface area (Å²) in [4.78, 5) is 13.3. The summed E-state index contributed by atoms with van der Waals surface area (Å²) in [5.74, 6) is 0.804. The predicted molar refractivity (Wildman–Crippen MR) is 59.2 cm³/mol. The van der Waals surface area contributed by atoms with Gasteiger partial charge in [-0.2, -0.15) is 0 Å². The largest absolute Gasteiger partial charge is 0.443 e. The molecular formula is C11H19N3O2. The number of carbonyl (C=O) groups is 1. The lowest BCUT2D eigenvalue weighted by Crippen LogP contribution is -2.41. The number of amides is 1. The maximum Gasteiger partial charge on any atom is 0.407 e. The van der Waals surface area contributed by atoms with E-state index in [1.807, 2.05) is 0 Å². The van der Waals surface area contributed by atoms with Crippen molar-refractivity contribution in [1.82, 2.24) is 15.5 Å². The topological polar surface area (TPSA) is 53.6 Å². The lowest BCUT2D eigenvalue weighted by Gasteiger charge is -2.24. The van der Waals surface area contributed by atoms with Gasteiger partial charge in [0, 0.05) is 25.7 Å². The molecular weight excluding hydrogens is 206 g/mol. The fraction of sp³-hybridized carbons (Fsp3) is 0.909. The van der Waals surface area contributed by atoms with Gasteiger partial charge in [-0.25, -0.2) is 4.79 Å². The van der Waals surface area contributed by atoms with E-state index in [2.05, 4.69) is 15.5 Å². The third-order valence-electron chi connectivity index (χ3n) is 3.88. The summed E-state index contributed by atoms with van der Waals surface area (Å²) in [6.45, 7) is 4.98. The highest BCUT2D eigenvalue weighted by molar-refractivity contribution is 5.69. The van der Waals surface area contributed by atoms with Crippen molar-refractivity contribution in [3.8, 4) is 0 Å². The molecule has 3 saturated heterocycles. The van der Waals surface area contributed by atoms with E-state index in [1.165, 1.54) is 12.8 Å². The highest BCUT2D eigenvalue weighted by Gasteiger charge is 2.36. The monoisotopic (exact) mass is 225 g/mol. The van der Waals surface area contributed by atoms with E-state index in [9.17, 15) is 4.79 Å². The molecule has 90 valence electrons. The first-order chi connectivity index (χ1) is 7.81. The second kappa shape index (κ2) is 4.22. The van der Waals surface area contributed by atoms with E-state index in [4.69, 9.17) is 4.74 Å². The van der Waals surface area contributed by atoms with E-state index in [0.29, 0.717) is 12.6 Å². The van der Waals surface area contributed by atoms with Gasteiger partial charge >= 0.3 is 6.09 Å². The van der Waals surface area contributed by atoms with Gasteiger partial charge in [-0.05, 0) is 25.3 Å². The van der Waals surface area contributed by atoms with Crippen LogP contribution < -0.4 is 10.6 Å². The maximum absolute atomic E-state index is 10.9.